The number of ether oxygens (including phenoxy) is 1. The van der Waals surface area contributed by atoms with E-state index in [0.29, 0.717) is 12.2 Å². The van der Waals surface area contributed by atoms with E-state index in [1.165, 1.54) is 23.1 Å². The van der Waals surface area contributed by atoms with Crippen LogP contribution in [0.4, 0.5) is 0 Å². The molecule has 2 aromatic rings. The Morgan fingerprint density at radius 1 is 1.28 bits per heavy atom. The topological polar surface area (TPSA) is 27.1 Å². The van der Waals surface area contributed by atoms with Crippen molar-refractivity contribution < 1.29 is 4.74 Å². The van der Waals surface area contributed by atoms with Crippen molar-refractivity contribution >= 4 is 11.0 Å². The van der Waals surface area contributed by atoms with Crippen LogP contribution in [-0.2, 0) is 11.3 Å². The van der Waals surface area contributed by atoms with Gasteiger partial charge in [0.05, 0.1) is 36.1 Å². The molecule has 0 N–H and O–H groups in total. The van der Waals surface area contributed by atoms with E-state index in [9.17, 15) is 0 Å². The molecular formula is C15H20N2O. The van der Waals surface area contributed by atoms with Crippen molar-refractivity contribution in [2.24, 2.45) is 0 Å². The molecule has 1 fully saturated rings. The van der Waals surface area contributed by atoms with E-state index >= 15 is 0 Å². The first-order chi connectivity index (χ1) is 8.63. The Balaban J connectivity index is 1.90. The van der Waals surface area contributed by atoms with Gasteiger partial charge in [0.2, 0.25) is 0 Å². The molecule has 3 rings (SSSR count). The lowest BCUT2D eigenvalue weighted by Crippen LogP contribution is -2.15. The summed E-state index contributed by atoms with van der Waals surface area (Å²) in [6.07, 6.45) is 5.03. The number of nitrogens with zero attached hydrogens (tertiary/aromatic N) is 2. The monoisotopic (exact) mass is 244 g/mol. The van der Waals surface area contributed by atoms with Crippen LogP contribution in [0.5, 0.6) is 0 Å². The molecule has 3 nitrogen and oxygen atoms in total. The summed E-state index contributed by atoms with van der Waals surface area (Å²) in [5.41, 5.74) is 4.94. The Kier molecular flexibility index (Phi) is 2.86. The van der Waals surface area contributed by atoms with Crippen molar-refractivity contribution in [3.05, 3.63) is 29.6 Å². The number of hydrogen-bond donors (Lipinski definition) is 0. The zero-order chi connectivity index (χ0) is 12.7. The molecule has 2 heterocycles. The molecule has 1 saturated heterocycles. The molecular weight excluding hydrogens is 224 g/mol. The third kappa shape index (κ3) is 2.03. The molecule has 1 aromatic carbocycles. The van der Waals surface area contributed by atoms with Crippen LogP contribution in [0.1, 0.15) is 30.9 Å². The van der Waals surface area contributed by atoms with Crippen molar-refractivity contribution in [1.29, 1.82) is 0 Å². The van der Waals surface area contributed by atoms with Crippen LogP contribution < -0.4 is 0 Å². The Hall–Kier alpha value is -1.35. The van der Waals surface area contributed by atoms with Gasteiger partial charge in [-0.05, 0) is 56.9 Å². The maximum Gasteiger partial charge on any atom is 0.0959 e. The zero-order valence-corrected chi connectivity index (χ0v) is 11.3. The van der Waals surface area contributed by atoms with Crippen LogP contribution in [-0.4, -0.2) is 21.8 Å². The highest BCUT2D eigenvalue weighted by Crippen LogP contribution is 2.23. The fourth-order valence-electron chi connectivity index (χ4n) is 2.70. The number of imidazole rings is 1. The van der Waals surface area contributed by atoms with E-state index in [1.807, 2.05) is 6.33 Å². The molecule has 0 spiro atoms. The second kappa shape index (κ2) is 4.39. The predicted octanol–water partition coefficient (Wildman–Crippen LogP) is 3.22. The smallest absolute Gasteiger partial charge is 0.0959 e. The third-order valence-corrected chi connectivity index (χ3v) is 3.96. The number of benzene rings is 1. The second-order valence-corrected chi connectivity index (χ2v) is 5.47. The zero-order valence-electron chi connectivity index (χ0n) is 11.3. The molecule has 0 saturated carbocycles. The summed E-state index contributed by atoms with van der Waals surface area (Å²) in [4.78, 5) is 4.49. The summed E-state index contributed by atoms with van der Waals surface area (Å²) in [5.74, 6) is 0. The van der Waals surface area contributed by atoms with E-state index in [4.69, 9.17) is 4.74 Å². The molecule has 0 aliphatic carbocycles. The van der Waals surface area contributed by atoms with Gasteiger partial charge in [-0.2, -0.15) is 0 Å². The van der Waals surface area contributed by atoms with Gasteiger partial charge in [0, 0.05) is 0 Å². The number of hydrogen-bond acceptors (Lipinski definition) is 2. The van der Waals surface area contributed by atoms with Crippen LogP contribution in [0.2, 0.25) is 0 Å². The number of fused-ring (bicyclic) bond motifs is 1. The molecule has 0 bridgehead atoms. The minimum Gasteiger partial charge on any atom is -0.373 e. The van der Waals surface area contributed by atoms with E-state index in [-0.39, 0.29) is 0 Å². The third-order valence-electron chi connectivity index (χ3n) is 3.96. The average molecular weight is 244 g/mol. The Bertz CT molecular complexity index is 573. The van der Waals surface area contributed by atoms with E-state index < -0.39 is 0 Å². The van der Waals surface area contributed by atoms with Gasteiger partial charge in [0.1, 0.15) is 0 Å². The van der Waals surface area contributed by atoms with Gasteiger partial charge in [0.25, 0.3) is 0 Å². The maximum atomic E-state index is 5.89. The minimum atomic E-state index is 0.346. The molecule has 1 aromatic heterocycles. The minimum absolute atomic E-state index is 0.346. The summed E-state index contributed by atoms with van der Waals surface area (Å²) < 4.78 is 8.12. The Morgan fingerprint density at radius 2 is 2.06 bits per heavy atom. The van der Waals surface area contributed by atoms with Crippen molar-refractivity contribution in [1.82, 2.24) is 9.55 Å². The largest absolute Gasteiger partial charge is 0.373 e. The van der Waals surface area contributed by atoms with Crippen LogP contribution in [0.3, 0.4) is 0 Å². The molecule has 3 heteroatoms. The van der Waals surface area contributed by atoms with Crippen molar-refractivity contribution in [2.45, 2.75) is 52.4 Å². The summed E-state index contributed by atoms with van der Waals surface area (Å²) in [6, 6.07) is 4.40. The van der Waals surface area contributed by atoms with E-state index in [0.717, 1.165) is 18.5 Å². The van der Waals surface area contributed by atoms with Gasteiger partial charge in [0.15, 0.2) is 0 Å². The SMILES string of the molecule is Cc1cc2ncn(CC3CCC(C)O3)c2cc1C. The predicted molar refractivity (Wildman–Crippen MR) is 72.8 cm³/mol. The molecule has 96 valence electrons. The van der Waals surface area contributed by atoms with Gasteiger partial charge >= 0.3 is 0 Å². The molecule has 1 aliphatic rings. The van der Waals surface area contributed by atoms with Crippen molar-refractivity contribution in [3.63, 3.8) is 0 Å². The highest BCUT2D eigenvalue weighted by Gasteiger charge is 2.22. The van der Waals surface area contributed by atoms with Gasteiger partial charge < -0.3 is 9.30 Å². The molecule has 2 atom stereocenters. The lowest BCUT2D eigenvalue weighted by atomic mass is 10.1. The fourth-order valence-corrected chi connectivity index (χ4v) is 2.70. The first-order valence-electron chi connectivity index (χ1n) is 6.71. The standard InChI is InChI=1S/C15H20N2O/c1-10-6-14-15(7-11(10)2)17(9-16-14)8-13-5-4-12(3)18-13/h6-7,9,12-13H,4-5,8H2,1-3H3. The first kappa shape index (κ1) is 11.7. The van der Waals surface area contributed by atoms with Crippen molar-refractivity contribution in [2.75, 3.05) is 0 Å². The Labute approximate surface area is 108 Å². The molecule has 18 heavy (non-hydrogen) atoms. The highest BCUT2D eigenvalue weighted by atomic mass is 16.5. The molecule has 0 radical (unpaired) electrons. The van der Waals surface area contributed by atoms with E-state index in [1.54, 1.807) is 0 Å². The molecule has 0 amide bonds. The van der Waals surface area contributed by atoms with Gasteiger partial charge in [-0.1, -0.05) is 0 Å². The maximum absolute atomic E-state index is 5.89. The highest BCUT2D eigenvalue weighted by molar-refractivity contribution is 5.77. The number of aryl methyl sites for hydroxylation is 2. The lowest BCUT2D eigenvalue weighted by Gasteiger charge is -2.12. The van der Waals surface area contributed by atoms with E-state index in [2.05, 4.69) is 42.5 Å². The molecule has 2 unspecified atom stereocenters. The van der Waals surface area contributed by atoms with Gasteiger partial charge in [-0.15, -0.1) is 0 Å². The Morgan fingerprint density at radius 3 is 2.78 bits per heavy atom. The average Bonchev–Trinajstić information content (AvgIpc) is 2.89. The molecule has 1 aliphatic heterocycles. The first-order valence-corrected chi connectivity index (χ1v) is 6.71. The summed E-state index contributed by atoms with van der Waals surface area (Å²) in [5, 5.41) is 0. The normalized spacial score (nSPS) is 23.9. The van der Waals surface area contributed by atoms with Crippen LogP contribution in [0.15, 0.2) is 18.5 Å². The van der Waals surface area contributed by atoms with Gasteiger partial charge in [-0.3, -0.25) is 0 Å². The summed E-state index contributed by atoms with van der Waals surface area (Å²) in [7, 11) is 0. The van der Waals surface area contributed by atoms with Crippen LogP contribution in [0.25, 0.3) is 11.0 Å². The summed E-state index contributed by atoms with van der Waals surface area (Å²) in [6.45, 7) is 7.36. The van der Waals surface area contributed by atoms with Gasteiger partial charge in [-0.25, -0.2) is 4.98 Å². The second-order valence-electron chi connectivity index (χ2n) is 5.47. The van der Waals surface area contributed by atoms with Crippen molar-refractivity contribution in [3.8, 4) is 0 Å². The van der Waals surface area contributed by atoms with Crippen LogP contribution in [0, 0.1) is 13.8 Å². The summed E-state index contributed by atoms with van der Waals surface area (Å²) >= 11 is 0. The quantitative estimate of drug-likeness (QED) is 0.811. The fraction of sp³-hybridized carbons (Fsp3) is 0.533. The number of aromatic nitrogens is 2. The van der Waals surface area contributed by atoms with Crippen LogP contribution >= 0.6 is 0 Å². The number of rotatable bonds is 2. The lowest BCUT2D eigenvalue weighted by molar-refractivity contribution is 0.0464.